The minimum Gasteiger partial charge on any atom is -0.493 e. The Balaban J connectivity index is 1.09. The quantitative estimate of drug-likeness (QED) is 0.259. The van der Waals surface area contributed by atoms with Crippen molar-refractivity contribution in [1.29, 1.82) is 0 Å². The van der Waals surface area contributed by atoms with Crippen molar-refractivity contribution in [1.82, 2.24) is 9.80 Å². The van der Waals surface area contributed by atoms with Gasteiger partial charge in [0.1, 0.15) is 17.3 Å². The van der Waals surface area contributed by atoms with Gasteiger partial charge in [-0.25, -0.2) is 4.39 Å². The number of benzene rings is 2. The van der Waals surface area contributed by atoms with E-state index in [1.54, 1.807) is 17.4 Å². The standard InChI is InChI=1S/C31H39ClFN3O2S/c1-2-37-29-9-5-6-27(33)26(29)22-35-18-20-36(21-19-35)28-7-3-4-8-30(28)38-23-24-12-15-34(16-13-24)17-14-25-10-11-31(32)39-25/h3-11,24H,2,12-23H2,1H3. The van der Waals surface area contributed by atoms with Crippen LogP contribution in [0, 0.1) is 11.7 Å². The maximum Gasteiger partial charge on any atom is 0.142 e. The Labute approximate surface area is 241 Å². The van der Waals surface area contributed by atoms with Crippen molar-refractivity contribution < 1.29 is 13.9 Å². The number of halogens is 2. The fourth-order valence-corrected chi connectivity index (χ4v) is 6.61. The van der Waals surface area contributed by atoms with E-state index in [0.717, 1.165) is 74.6 Å². The van der Waals surface area contributed by atoms with E-state index in [-0.39, 0.29) is 5.82 Å². The van der Waals surface area contributed by atoms with Crippen molar-refractivity contribution in [2.45, 2.75) is 32.7 Å². The minimum atomic E-state index is -0.194. The van der Waals surface area contributed by atoms with Gasteiger partial charge in [0.25, 0.3) is 0 Å². The van der Waals surface area contributed by atoms with Crippen LogP contribution in [0.2, 0.25) is 4.34 Å². The second kappa shape index (κ2) is 13.8. The lowest BCUT2D eigenvalue weighted by Crippen LogP contribution is -2.46. The van der Waals surface area contributed by atoms with Crippen molar-refractivity contribution in [3.05, 3.63) is 75.2 Å². The van der Waals surface area contributed by atoms with Gasteiger partial charge in [0.15, 0.2) is 0 Å². The molecule has 2 saturated heterocycles. The molecule has 0 unspecified atom stereocenters. The third-order valence-corrected chi connectivity index (χ3v) is 9.11. The molecule has 5 rings (SSSR count). The zero-order chi connectivity index (χ0) is 27.0. The van der Waals surface area contributed by atoms with E-state index < -0.39 is 0 Å². The summed E-state index contributed by atoms with van der Waals surface area (Å²) in [6, 6.07) is 17.6. The van der Waals surface area contributed by atoms with Gasteiger partial charge in [0.05, 0.1) is 23.2 Å². The van der Waals surface area contributed by atoms with E-state index in [2.05, 4.69) is 45.0 Å². The van der Waals surface area contributed by atoms with Crippen LogP contribution in [0.1, 0.15) is 30.2 Å². The molecule has 0 bridgehead atoms. The number of thiophene rings is 1. The molecule has 2 aliphatic rings. The van der Waals surface area contributed by atoms with Gasteiger partial charge in [-0.05, 0) is 81.6 Å². The van der Waals surface area contributed by atoms with Crippen LogP contribution in [0.4, 0.5) is 10.1 Å². The summed E-state index contributed by atoms with van der Waals surface area (Å²) in [5, 5.41) is 0. The Morgan fingerprint density at radius 3 is 2.38 bits per heavy atom. The van der Waals surface area contributed by atoms with Gasteiger partial charge < -0.3 is 19.3 Å². The number of ether oxygens (including phenoxy) is 2. The van der Waals surface area contributed by atoms with Crippen LogP contribution < -0.4 is 14.4 Å². The van der Waals surface area contributed by atoms with E-state index in [0.29, 0.717) is 30.4 Å². The summed E-state index contributed by atoms with van der Waals surface area (Å²) in [6.07, 6.45) is 3.42. The molecule has 39 heavy (non-hydrogen) atoms. The fourth-order valence-electron chi connectivity index (χ4n) is 5.53. The Morgan fingerprint density at radius 1 is 0.872 bits per heavy atom. The van der Waals surface area contributed by atoms with Crippen molar-refractivity contribution in [2.75, 3.05) is 63.9 Å². The lowest BCUT2D eigenvalue weighted by molar-refractivity contribution is 0.142. The van der Waals surface area contributed by atoms with Gasteiger partial charge in [-0.3, -0.25) is 4.90 Å². The molecule has 5 nitrogen and oxygen atoms in total. The number of hydrogen-bond acceptors (Lipinski definition) is 6. The minimum absolute atomic E-state index is 0.194. The molecule has 0 spiro atoms. The van der Waals surface area contributed by atoms with Crippen molar-refractivity contribution >= 4 is 28.6 Å². The summed E-state index contributed by atoms with van der Waals surface area (Å²) in [6.45, 7) is 10.6. The number of hydrogen-bond donors (Lipinski definition) is 0. The molecule has 2 aromatic carbocycles. The maximum absolute atomic E-state index is 14.6. The average Bonchev–Trinajstić information content (AvgIpc) is 3.39. The molecule has 8 heteroatoms. The zero-order valence-corrected chi connectivity index (χ0v) is 24.4. The molecule has 210 valence electrons. The molecule has 2 aliphatic heterocycles. The van der Waals surface area contributed by atoms with E-state index in [4.69, 9.17) is 21.1 Å². The highest BCUT2D eigenvalue weighted by Gasteiger charge is 2.24. The van der Waals surface area contributed by atoms with Gasteiger partial charge >= 0.3 is 0 Å². The van der Waals surface area contributed by atoms with Gasteiger partial charge in [0.2, 0.25) is 0 Å². The van der Waals surface area contributed by atoms with E-state index in [1.165, 1.54) is 23.8 Å². The number of para-hydroxylation sites is 2. The van der Waals surface area contributed by atoms with Crippen LogP contribution in [-0.2, 0) is 13.0 Å². The first-order valence-electron chi connectivity index (χ1n) is 14.1. The topological polar surface area (TPSA) is 28.2 Å². The van der Waals surface area contributed by atoms with Crippen molar-refractivity contribution in [3.63, 3.8) is 0 Å². The summed E-state index contributed by atoms with van der Waals surface area (Å²) in [4.78, 5) is 8.64. The smallest absolute Gasteiger partial charge is 0.142 e. The maximum atomic E-state index is 14.6. The lowest BCUT2D eigenvalue weighted by atomic mass is 9.97. The lowest BCUT2D eigenvalue weighted by Gasteiger charge is -2.37. The fraction of sp³-hybridized carbons (Fsp3) is 0.484. The van der Waals surface area contributed by atoms with Gasteiger partial charge in [0, 0.05) is 49.7 Å². The third kappa shape index (κ3) is 7.66. The molecule has 3 aromatic rings. The van der Waals surface area contributed by atoms with Crippen LogP contribution in [-0.4, -0.2) is 68.8 Å². The van der Waals surface area contributed by atoms with E-state index in [1.807, 2.05) is 19.1 Å². The normalized spacial score (nSPS) is 17.5. The van der Waals surface area contributed by atoms with Gasteiger partial charge in [-0.2, -0.15) is 0 Å². The molecular weight excluding hydrogens is 533 g/mol. The molecule has 2 fully saturated rings. The Kier molecular flexibility index (Phi) is 10.0. The second-order valence-corrected chi connectivity index (χ2v) is 12.2. The van der Waals surface area contributed by atoms with Crippen LogP contribution in [0.15, 0.2) is 54.6 Å². The molecular formula is C31H39ClFN3O2S. The van der Waals surface area contributed by atoms with Crippen LogP contribution in [0.3, 0.4) is 0 Å². The monoisotopic (exact) mass is 571 g/mol. The van der Waals surface area contributed by atoms with Crippen molar-refractivity contribution in [3.8, 4) is 11.5 Å². The van der Waals surface area contributed by atoms with E-state index >= 15 is 0 Å². The molecule has 0 aliphatic carbocycles. The predicted octanol–water partition coefficient (Wildman–Crippen LogP) is 6.60. The Hall–Kier alpha value is -2.32. The molecule has 1 aromatic heterocycles. The number of nitrogens with zero attached hydrogens (tertiary/aromatic N) is 3. The SMILES string of the molecule is CCOc1cccc(F)c1CN1CCN(c2ccccc2OCC2CCN(CCc3ccc(Cl)s3)CC2)CC1. The third-order valence-electron chi connectivity index (χ3n) is 7.82. The van der Waals surface area contributed by atoms with Crippen molar-refractivity contribution in [2.24, 2.45) is 5.92 Å². The molecule has 3 heterocycles. The summed E-state index contributed by atoms with van der Waals surface area (Å²) in [5.74, 6) is 2.01. The summed E-state index contributed by atoms with van der Waals surface area (Å²) >= 11 is 7.76. The predicted molar refractivity (Wildman–Crippen MR) is 159 cm³/mol. The molecule has 0 N–H and O–H groups in total. The van der Waals surface area contributed by atoms with Crippen LogP contribution >= 0.6 is 22.9 Å². The van der Waals surface area contributed by atoms with Gasteiger partial charge in [-0.15, -0.1) is 11.3 Å². The summed E-state index contributed by atoms with van der Waals surface area (Å²) < 4.78 is 27.5. The second-order valence-electron chi connectivity index (χ2n) is 10.4. The zero-order valence-electron chi connectivity index (χ0n) is 22.8. The first-order valence-corrected chi connectivity index (χ1v) is 15.3. The summed E-state index contributed by atoms with van der Waals surface area (Å²) in [5.41, 5.74) is 1.81. The van der Waals surface area contributed by atoms with Crippen LogP contribution in [0.5, 0.6) is 11.5 Å². The number of piperazine rings is 1. The Bertz CT molecular complexity index is 1190. The molecule has 0 amide bonds. The highest BCUT2D eigenvalue weighted by atomic mass is 35.5. The first-order chi connectivity index (χ1) is 19.1. The number of anilines is 1. The molecule has 0 saturated carbocycles. The number of piperidine rings is 1. The highest BCUT2D eigenvalue weighted by Crippen LogP contribution is 2.31. The average molecular weight is 572 g/mol. The molecule has 0 atom stereocenters. The van der Waals surface area contributed by atoms with Gasteiger partial charge in [-0.1, -0.05) is 29.8 Å². The highest BCUT2D eigenvalue weighted by molar-refractivity contribution is 7.16. The van der Waals surface area contributed by atoms with Crippen LogP contribution in [0.25, 0.3) is 0 Å². The Morgan fingerprint density at radius 2 is 1.64 bits per heavy atom. The number of rotatable bonds is 11. The first kappa shape index (κ1) is 28.2. The summed E-state index contributed by atoms with van der Waals surface area (Å²) in [7, 11) is 0. The van der Waals surface area contributed by atoms with E-state index in [9.17, 15) is 4.39 Å². The number of likely N-dealkylation sites (tertiary alicyclic amines) is 1. The largest absolute Gasteiger partial charge is 0.493 e. The molecule has 0 radical (unpaired) electrons.